The Morgan fingerprint density at radius 3 is 2.24 bits per heavy atom. The van der Waals surface area contributed by atoms with Gasteiger partial charge in [0.15, 0.2) is 5.82 Å². The summed E-state index contributed by atoms with van der Waals surface area (Å²) in [6.45, 7) is 0.261. The van der Waals surface area contributed by atoms with E-state index in [0.717, 1.165) is 11.1 Å². The lowest BCUT2D eigenvalue weighted by Gasteiger charge is -2.06. The van der Waals surface area contributed by atoms with Crippen molar-refractivity contribution in [2.24, 2.45) is 0 Å². The third kappa shape index (κ3) is 4.03. The van der Waals surface area contributed by atoms with Crippen molar-refractivity contribution in [3.05, 3.63) is 88.2 Å². The molecule has 3 rings (SSSR count). The summed E-state index contributed by atoms with van der Waals surface area (Å²) in [7, 11) is 0. The summed E-state index contributed by atoms with van der Waals surface area (Å²) in [5, 5.41) is 13.3. The van der Waals surface area contributed by atoms with Crippen LogP contribution in [0.2, 0.25) is 0 Å². The molecule has 1 aromatic heterocycles. The van der Waals surface area contributed by atoms with Gasteiger partial charge in [0.05, 0.1) is 10.5 Å². The van der Waals surface area contributed by atoms with Crippen LogP contribution in [-0.4, -0.2) is 20.8 Å². The van der Waals surface area contributed by atoms with Gasteiger partial charge >= 0.3 is 0 Å². The van der Waals surface area contributed by atoms with Crippen LogP contribution in [0.4, 0.5) is 5.69 Å². The summed E-state index contributed by atoms with van der Waals surface area (Å²) in [6.07, 6.45) is 2.95. The highest BCUT2D eigenvalue weighted by Gasteiger charge is 2.09. The summed E-state index contributed by atoms with van der Waals surface area (Å²) in [6, 6.07) is 15.5. The second kappa shape index (κ2) is 7.31. The van der Waals surface area contributed by atoms with Crippen LogP contribution >= 0.6 is 0 Å². The van der Waals surface area contributed by atoms with E-state index in [4.69, 9.17) is 0 Å². The van der Waals surface area contributed by atoms with Crippen molar-refractivity contribution in [3.63, 3.8) is 0 Å². The van der Waals surface area contributed by atoms with Gasteiger partial charge in [-0.05, 0) is 5.56 Å². The van der Waals surface area contributed by atoms with Crippen molar-refractivity contribution in [1.82, 2.24) is 15.3 Å². The van der Waals surface area contributed by atoms with Crippen molar-refractivity contribution < 1.29 is 9.72 Å². The number of nitrogens with one attached hydrogen (secondary N) is 1. The molecule has 2 aromatic carbocycles. The first kappa shape index (κ1) is 16.3. The van der Waals surface area contributed by atoms with Gasteiger partial charge in [0.1, 0.15) is 0 Å². The summed E-state index contributed by atoms with van der Waals surface area (Å²) in [4.78, 5) is 30.7. The zero-order chi connectivity index (χ0) is 17.6. The maximum absolute atomic E-state index is 12.1. The minimum atomic E-state index is -0.464. The molecule has 1 N–H and O–H groups in total. The molecule has 0 saturated heterocycles. The van der Waals surface area contributed by atoms with Gasteiger partial charge in [0.2, 0.25) is 0 Å². The predicted molar refractivity (Wildman–Crippen MR) is 91.7 cm³/mol. The largest absolute Gasteiger partial charge is 0.348 e. The molecule has 0 saturated carbocycles. The van der Waals surface area contributed by atoms with Gasteiger partial charge in [-0.2, -0.15) is 0 Å². The number of non-ortho nitro benzene ring substituents is 1. The molecule has 25 heavy (non-hydrogen) atoms. The summed E-state index contributed by atoms with van der Waals surface area (Å²) >= 11 is 0. The maximum atomic E-state index is 12.1. The highest BCUT2D eigenvalue weighted by molar-refractivity contribution is 5.93. The van der Waals surface area contributed by atoms with Crippen LogP contribution in [-0.2, 0) is 6.54 Å². The number of hydrogen-bond acceptors (Lipinski definition) is 5. The fraction of sp³-hybridized carbons (Fsp3) is 0.0556. The van der Waals surface area contributed by atoms with E-state index in [-0.39, 0.29) is 18.1 Å². The van der Waals surface area contributed by atoms with Crippen LogP contribution in [0.5, 0.6) is 0 Å². The second-order valence-corrected chi connectivity index (χ2v) is 5.27. The number of nitrogens with zero attached hydrogens (tertiary/aromatic N) is 3. The number of amides is 1. The highest BCUT2D eigenvalue weighted by Crippen LogP contribution is 2.14. The minimum Gasteiger partial charge on any atom is -0.348 e. The van der Waals surface area contributed by atoms with Crippen LogP contribution < -0.4 is 5.32 Å². The number of benzene rings is 2. The van der Waals surface area contributed by atoms with Gasteiger partial charge in [-0.25, -0.2) is 9.97 Å². The number of carbonyl (C=O) groups excluding carboxylic acids is 1. The lowest BCUT2D eigenvalue weighted by atomic mass is 10.2. The topological polar surface area (TPSA) is 98.0 Å². The number of nitro groups is 1. The molecule has 3 aromatic rings. The fourth-order valence-corrected chi connectivity index (χ4v) is 2.20. The number of aromatic nitrogens is 2. The number of nitro benzene ring substituents is 1. The normalized spacial score (nSPS) is 10.2. The van der Waals surface area contributed by atoms with Gasteiger partial charge in [-0.3, -0.25) is 14.9 Å². The summed E-state index contributed by atoms with van der Waals surface area (Å²) < 4.78 is 0. The molecule has 1 heterocycles. The van der Waals surface area contributed by atoms with E-state index in [0.29, 0.717) is 11.4 Å². The minimum absolute atomic E-state index is 0.0139. The van der Waals surface area contributed by atoms with E-state index in [1.165, 1.54) is 24.5 Å². The van der Waals surface area contributed by atoms with Gasteiger partial charge in [-0.1, -0.05) is 42.5 Å². The third-order valence-corrected chi connectivity index (χ3v) is 3.55. The molecule has 0 bridgehead atoms. The Kier molecular flexibility index (Phi) is 4.75. The Hall–Kier alpha value is -3.61. The first-order valence-electron chi connectivity index (χ1n) is 7.52. The van der Waals surface area contributed by atoms with Crippen LogP contribution in [0.25, 0.3) is 11.4 Å². The van der Waals surface area contributed by atoms with E-state index >= 15 is 0 Å². The first-order chi connectivity index (χ1) is 12.1. The average molecular weight is 334 g/mol. The molecule has 0 aliphatic carbocycles. The Morgan fingerprint density at radius 2 is 1.64 bits per heavy atom. The number of hydrogen-bond donors (Lipinski definition) is 1. The lowest BCUT2D eigenvalue weighted by molar-refractivity contribution is -0.384. The van der Waals surface area contributed by atoms with E-state index in [1.807, 2.05) is 30.3 Å². The Labute approximate surface area is 143 Å². The van der Waals surface area contributed by atoms with Gasteiger partial charge in [0, 0.05) is 36.6 Å². The Bertz CT molecular complexity index is 878. The highest BCUT2D eigenvalue weighted by atomic mass is 16.6. The zero-order valence-electron chi connectivity index (χ0n) is 13.1. The summed E-state index contributed by atoms with van der Waals surface area (Å²) in [5.74, 6) is 0.241. The molecule has 0 atom stereocenters. The second-order valence-electron chi connectivity index (χ2n) is 5.27. The third-order valence-electron chi connectivity index (χ3n) is 3.55. The molecular weight excluding hydrogens is 320 g/mol. The van der Waals surface area contributed by atoms with Gasteiger partial charge in [0.25, 0.3) is 11.6 Å². The SMILES string of the molecule is O=C(NCc1ccc([N+](=O)[O-])cc1)c1cnc(-c2ccccc2)nc1. The zero-order valence-corrected chi connectivity index (χ0v) is 13.1. The molecule has 7 nitrogen and oxygen atoms in total. The quantitative estimate of drug-likeness (QED) is 0.571. The van der Waals surface area contributed by atoms with Crippen LogP contribution in [0, 0.1) is 10.1 Å². The molecule has 1 amide bonds. The average Bonchev–Trinajstić information content (AvgIpc) is 2.67. The first-order valence-corrected chi connectivity index (χ1v) is 7.52. The van der Waals surface area contributed by atoms with Crippen molar-refractivity contribution in [2.45, 2.75) is 6.54 Å². The summed E-state index contributed by atoms with van der Waals surface area (Å²) in [5.41, 5.74) is 2.00. The van der Waals surface area contributed by atoms with Gasteiger partial charge < -0.3 is 5.32 Å². The van der Waals surface area contributed by atoms with Crippen molar-refractivity contribution in [1.29, 1.82) is 0 Å². The molecule has 0 aliphatic rings. The van der Waals surface area contributed by atoms with E-state index in [2.05, 4.69) is 15.3 Å². The molecule has 7 heteroatoms. The monoisotopic (exact) mass is 334 g/mol. The van der Waals surface area contributed by atoms with Crippen LogP contribution in [0.1, 0.15) is 15.9 Å². The van der Waals surface area contributed by atoms with Crippen molar-refractivity contribution >= 4 is 11.6 Å². The molecule has 124 valence electrons. The number of carbonyl (C=O) groups is 1. The van der Waals surface area contributed by atoms with E-state index in [1.54, 1.807) is 12.1 Å². The van der Waals surface area contributed by atoms with Crippen molar-refractivity contribution in [2.75, 3.05) is 0 Å². The van der Waals surface area contributed by atoms with Gasteiger partial charge in [-0.15, -0.1) is 0 Å². The van der Waals surface area contributed by atoms with E-state index < -0.39 is 4.92 Å². The number of rotatable bonds is 5. The van der Waals surface area contributed by atoms with Crippen LogP contribution in [0.3, 0.4) is 0 Å². The Morgan fingerprint density at radius 1 is 1.00 bits per heavy atom. The fourth-order valence-electron chi connectivity index (χ4n) is 2.20. The standard InChI is InChI=1S/C18H14N4O3/c23-18(21-10-13-6-8-16(9-7-13)22(24)25)15-11-19-17(20-12-15)14-4-2-1-3-5-14/h1-9,11-12H,10H2,(H,21,23). The molecule has 0 unspecified atom stereocenters. The van der Waals surface area contributed by atoms with E-state index in [9.17, 15) is 14.9 Å². The maximum Gasteiger partial charge on any atom is 0.269 e. The smallest absolute Gasteiger partial charge is 0.269 e. The molecular formula is C18H14N4O3. The molecule has 0 fully saturated rings. The molecule has 0 radical (unpaired) electrons. The lowest BCUT2D eigenvalue weighted by Crippen LogP contribution is -2.23. The van der Waals surface area contributed by atoms with Crippen molar-refractivity contribution in [3.8, 4) is 11.4 Å². The molecule has 0 spiro atoms. The van der Waals surface area contributed by atoms with Crippen LogP contribution in [0.15, 0.2) is 67.0 Å². The Balaban J connectivity index is 1.62. The molecule has 0 aliphatic heterocycles. The predicted octanol–water partition coefficient (Wildman–Crippen LogP) is 2.98.